The summed E-state index contributed by atoms with van der Waals surface area (Å²) >= 11 is 0. The SMILES string of the molecule is CNCCC1CCN(C(=O)c2ccc(C(F)(F)F)[nH]c2=O)CC1.Cl. The molecule has 0 spiro atoms. The number of amides is 1. The minimum absolute atomic E-state index is 0. The van der Waals surface area contributed by atoms with Crippen LogP contribution >= 0.6 is 12.4 Å². The second kappa shape index (κ2) is 8.53. The number of halogens is 4. The third kappa shape index (κ3) is 4.98. The van der Waals surface area contributed by atoms with Crippen LogP contribution in [0.25, 0.3) is 0 Å². The molecule has 1 aromatic rings. The van der Waals surface area contributed by atoms with Gasteiger partial charge < -0.3 is 15.2 Å². The van der Waals surface area contributed by atoms with Gasteiger partial charge in [-0.2, -0.15) is 13.2 Å². The number of likely N-dealkylation sites (tertiary alicyclic amines) is 1. The maximum absolute atomic E-state index is 12.5. The lowest BCUT2D eigenvalue weighted by molar-refractivity contribution is -0.141. The molecule has 0 atom stereocenters. The van der Waals surface area contributed by atoms with Crippen LogP contribution in [0.1, 0.15) is 35.3 Å². The van der Waals surface area contributed by atoms with Crippen LogP contribution in [0.3, 0.4) is 0 Å². The molecule has 136 valence electrons. The van der Waals surface area contributed by atoms with E-state index < -0.39 is 23.3 Å². The van der Waals surface area contributed by atoms with Crippen LogP contribution in [-0.2, 0) is 6.18 Å². The molecule has 1 aliphatic rings. The van der Waals surface area contributed by atoms with E-state index in [2.05, 4.69) is 5.32 Å². The minimum Gasteiger partial charge on any atom is -0.338 e. The highest BCUT2D eigenvalue weighted by Gasteiger charge is 2.33. The Kier molecular flexibility index (Phi) is 7.28. The first-order valence-electron chi connectivity index (χ1n) is 7.57. The first-order chi connectivity index (χ1) is 10.8. The minimum atomic E-state index is -4.63. The largest absolute Gasteiger partial charge is 0.431 e. The van der Waals surface area contributed by atoms with E-state index in [1.165, 1.54) is 4.90 Å². The third-order valence-electron chi connectivity index (χ3n) is 4.15. The predicted octanol–water partition coefficient (Wildman–Crippen LogP) is 2.28. The number of alkyl halides is 3. The summed E-state index contributed by atoms with van der Waals surface area (Å²) in [6.07, 6.45) is -1.93. The zero-order valence-electron chi connectivity index (χ0n) is 13.3. The Hall–Kier alpha value is -1.54. The van der Waals surface area contributed by atoms with Crippen molar-refractivity contribution in [2.24, 2.45) is 5.92 Å². The monoisotopic (exact) mass is 367 g/mol. The molecular formula is C15H21ClF3N3O2. The molecule has 0 aliphatic carbocycles. The molecule has 0 unspecified atom stereocenters. The molecule has 1 aromatic heterocycles. The van der Waals surface area contributed by atoms with Crippen LogP contribution in [0.2, 0.25) is 0 Å². The van der Waals surface area contributed by atoms with E-state index in [0.717, 1.165) is 37.9 Å². The van der Waals surface area contributed by atoms with Crippen molar-refractivity contribution in [3.63, 3.8) is 0 Å². The van der Waals surface area contributed by atoms with Crippen LogP contribution in [0, 0.1) is 5.92 Å². The number of carbonyl (C=O) groups is 1. The van der Waals surface area contributed by atoms with Crippen molar-refractivity contribution in [2.45, 2.75) is 25.4 Å². The predicted molar refractivity (Wildman–Crippen MR) is 86.5 cm³/mol. The molecule has 24 heavy (non-hydrogen) atoms. The summed E-state index contributed by atoms with van der Waals surface area (Å²) in [4.78, 5) is 27.4. The van der Waals surface area contributed by atoms with Gasteiger partial charge in [-0.3, -0.25) is 9.59 Å². The van der Waals surface area contributed by atoms with Crippen LogP contribution < -0.4 is 10.9 Å². The Balaban J connectivity index is 0.00000288. The van der Waals surface area contributed by atoms with Crippen molar-refractivity contribution < 1.29 is 18.0 Å². The van der Waals surface area contributed by atoms with Crippen molar-refractivity contribution in [1.82, 2.24) is 15.2 Å². The number of pyridine rings is 1. The zero-order valence-corrected chi connectivity index (χ0v) is 14.1. The van der Waals surface area contributed by atoms with Crippen molar-refractivity contribution in [2.75, 3.05) is 26.7 Å². The molecule has 2 rings (SSSR count). The number of piperidine rings is 1. The van der Waals surface area contributed by atoms with Gasteiger partial charge in [-0.15, -0.1) is 12.4 Å². The molecule has 0 saturated carbocycles. The molecule has 0 bridgehead atoms. The summed E-state index contributed by atoms with van der Waals surface area (Å²) in [5, 5.41) is 3.08. The second-order valence-corrected chi connectivity index (χ2v) is 5.74. The Morgan fingerprint density at radius 1 is 1.33 bits per heavy atom. The van der Waals surface area contributed by atoms with Gasteiger partial charge in [0.05, 0.1) is 0 Å². The van der Waals surface area contributed by atoms with E-state index in [0.29, 0.717) is 19.0 Å². The average molecular weight is 368 g/mol. The Bertz CT molecular complexity index is 611. The number of hydrogen-bond donors (Lipinski definition) is 2. The van der Waals surface area contributed by atoms with Gasteiger partial charge in [-0.05, 0) is 50.9 Å². The summed E-state index contributed by atoms with van der Waals surface area (Å²) in [5.74, 6) is 0.0180. The van der Waals surface area contributed by atoms with Gasteiger partial charge in [0.15, 0.2) is 0 Å². The number of aromatic nitrogens is 1. The standard InChI is InChI=1S/C15H20F3N3O2.ClH/c1-19-7-4-10-5-8-21(9-6-10)14(23)11-2-3-12(15(16,17)18)20-13(11)22;/h2-3,10,19H,4-9H2,1H3,(H,20,22);1H. The van der Waals surface area contributed by atoms with Crippen molar-refractivity contribution in [3.05, 3.63) is 33.7 Å². The topological polar surface area (TPSA) is 65.2 Å². The molecule has 0 aromatic carbocycles. The Morgan fingerprint density at radius 3 is 2.46 bits per heavy atom. The zero-order chi connectivity index (χ0) is 17.0. The highest BCUT2D eigenvalue weighted by atomic mass is 35.5. The molecular weight excluding hydrogens is 347 g/mol. The van der Waals surface area contributed by atoms with E-state index >= 15 is 0 Å². The van der Waals surface area contributed by atoms with Gasteiger partial charge in [0.1, 0.15) is 11.3 Å². The van der Waals surface area contributed by atoms with Gasteiger partial charge in [0, 0.05) is 13.1 Å². The van der Waals surface area contributed by atoms with E-state index in [4.69, 9.17) is 0 Å². The first-order valence-corrected chi connectivity index (χ1v) is 7.57. The number of H-pyrrole nitrogens is 1. The summed E-state index contributed by atoms with van der Waals surface area (Å²) in [5.41, 5.74) is -2.39. The van der Waals surface area contributed by atoms with Gasteiger partial charge in [0.2, 0.25) is 0 Å². The van der Waals surface area contributed by atoms with E-state index in [1.807, 2.05) is 7.05 Å². The van der Waals surface area contributed by atoms with Crippen LogP contribution in [0.15, 0.2) is 16.9 Å². The molecule has 5 nitrogen and oxygen atoms in total. The summed E-state index contributed by atoms with van der Waals surface area (Å²) < 4.78 is 37.6. The number of aromatic amines is 1. The lowest BCUT2D eigenvalue weighted by Gasteiger charge is -2.32. The van der Waals surface area contributed by atoms with Gasteiger partial charge in [-0.25, -0.2) is 0 Å². The molecule has 1 amide bonds. The van der Waals surface area contributed by atoms with Crippen molar-refractivity contribution in [1.29, 1.82) is 0 Å². The lowest BCUT2D eigenvalue weighted by Crippen LogP contribution is -2.41. The first kappa shape index (κ1) is 20.5. The van der Waals surface area contributed by atoms with Crippen molar-refractivity contribution in [3.8, 4) is 0 Å². The number of nitrogens with zero attached hydrogens (tertiary/aromatic N) is 1. The van der Waals surface area contributed by atoms with Gasteiger partial charge in [-0.1, -0.05) is 0 Å². The number of nitrogens with one attached hydrogen (secondary N) is 2. The summed E-state index contributed by atoms with van der Waals surface area (Å²) in [6.45, 7) is 1.96. The highest BCUT2D eigenvalue weighted by Crippen LogP contribution is 2.27. The van der Waals surface area contributed by atoms with Crippen LogP contribution in [0.4, 0.5) is 13.2 Å². The fraction of sp³-hybridized carbons (Fsp3) is 0.600. The average Bonchev–Trinajstić information content (AvgIpc) is 2.52. The number of hydrogen-bond acceptors (Lipinski definition) is 3. The summed E-state index contributed by atoms with van der Waals surface area (Å²) in [6, 6.07) is 1.69. The molecule has 1 aliphatic heterocycles. The highest BCUT2D eigenvalue weighted by molar-refractivity contribution is 5.93. The maximum atomic E-state index is 12.5. The fourth-order valence-corrected chi connectivity index (χ4v) is 2.75. The van der Waals surface area contributed by atoms with Crippen LogP contribution in [0.5, 0.6) is 0 Å². The van der Waals surface area contributed by atoms with Crippen molar-refractivity contribution >= 4 is 18.3 Å². The molecule has 0 radical (unpaired) electrons. The molecule has 9 heteroatoms. The van der Waals surface area contributed by atoms with Gasteiger partial charge in [0.25, 0.3) is 11.5 Å². The quantitative estimate of drug-likeness (QED) is 0.858. The van der Waals surface area contributed by atoms with E-state index in [1.54, 1.807) is 4.98 Å². The lowest BCUT2D eigenvalue weighted by atomic mass is 9.93. The fourth-order valence-electron chi connectivity index (χ4n) is 2.75. The maximum Gasteiger partial charge on any atom is 0.431 e. The number of rotatable bonds is 4. The Labute approximate surface area is 144 Å². The smallest absolute Gasteiger partial charge is 0.338 e. The van der Waals surface area contributed by atoms with E-state index in [9.17, 15) is 22.8 Å². The molecule has 2 heterocycles. The normalized spacial score (nSPS) is 15.9. The number of carbonyl (C=O) groups excluding carboxylic acids is 1. The molecule has 2 N–H and O–H groups in total. The second-order valence-electron chi connectivity index (χ2n) is 5.74. The van der Waals surface area contributed by atoms with Gasteiger partial charge >= 0.3 is 6.18 Å². The molecule has 1 fully saturated rings. The summed E-state index contributed by atoms with van der Waals surface area (Å²) in [7, 11) is 1.88. The third-order valence-corrected chi connectivity index (χ3v) is 4.15. The Morgan fingerprint density at radius 2 is 1.96 bits per heavy atom. The van der Waals surface area contributed by atoms with E-state index in [-0.39, 0.29) is 18.0 Å². The molecule has 1 saturated heterocycles. The van der Waals surface area contributed by atoms with Crippen LogP contribution in [-0.4, -0.2) is 42.5 Å².